The average Bonchev–Trinajstić information content (AvgIpc) is 3.23. The lowest BCUT2D eigenvalue weighted by atomic mass is 10.1. The predicted octanol–water partition coefficient (Wildman–Crippen LogP) is 4.74. The third-order valence-corrected chi connectivity index (χ3v) is 5.67. The van der Waals surface area contributed by atoms with Gasteiger partial charge in [0.15, 0.2) is 0 Å². The minimum absolute atomic E-state index is 0.0217. The fourth-order valence-electron chi connectivity index (χ4n) is 4.33. The van der Waals surface area contributed by atoms with Gasteiger partial charge in [-0.2, -0.15) is 0 Å². The fourth-order valence-corrected chi connectivity index (χ4v) is 4.33. The van der Waals surface area contributed by atoms with Crippen molar-refractivity contribution in [2.45, 2.75) is 26.3 Å². The highest BCUT2D eigenvalue weighted by Crippen LogP contribution is 2.34. The molecule has 136 valence electrons. The molecule has 5 nitrogen and oxygen atoms in total. The largest absolute Gasteiger partial charge is 0.277 e. The maximum absolute atomic E-state index is 13.3. The molecule has 0 aliphatic rings. The van der Waals surface area contributed by atoms with Gasteiger partial charge in [-0.05, 0) is 24.6 Å². The van der Waals surface area contributed by atoms with E-state index in [1.807, 2.05) is 51.4 Å². The zero-order valence-electron chi connectivity index (χ0n) is 15.5. The Morgan fingerprint density at radius 2 is 1.61 bits per heavy atom. The van der Waals surface area contributed by atoms with Gasteiger partial charge in [0.1, 0.15) is 5.52 Å². The molecular formula is C23H18N4O. The normalized spacial score (nSPS) is 12.3. The van der Waals surface area contributed by atoms with E-state index < -0.39 is 0 Å². The summed E-state index contributed by atoms with van der Waals surface area (Å²) in [5, 5.41) is 3.13. The molecule has 0 atom stereocenters. The van der Waals surface area contributed by atoms with Gasteiger partial charge in [0.2, 0.25) is 5.78 Å². The van der Waals surface area contributed by atoms with Crippen molar-refractivity contribution in [3.05, 3.63) is 65.0 Å². The maximum atomic E-state index is 13.3. The van der Waals surface area contributed by atoms with E-state index in [4.69, 9.17) is 9.97 Å². The third-order valence-electron chi connectivity index (χ3n) is 5.67. The second-order valence-electron chi connectivity index (χ2n) is 7.34. The molecular weight excluding hydrogens is 348 g/mol. The van der Waals surface area contributed by atoms with Crippen LogP contribution in [0.3, 0.4) is 0 Å². The zero-order valence-corrected chi connectivity index (χ0v) is 15.5. The predicted molar refractivity (Wildman–Crippen MR) is 113 cm³/mol. The summed E-state index contributed by atoms with van der Waals surface area (Å²) in [4.78, 5) is 23.1. The fraction of sp³-hybridized carbons (Fsp3) is 0.174. The number of aromatic nitrogens is 4. The topological polar surface area (TPSA) is 52.2 Å². The number of imidazole rings is 1. The first-order chi connectivity index (χ1) is 13.8. The SMILES string of the molecule is CCCCn1c(=O)c2cc3c4ccccc4nc3c3c4ccccc4nc1n23. The first-order valence-corrected chi connectivity index (χ1v) is 9.72. The van der Waals surface area contributed by atoms with E-state index in [0.717, 1.165) is 51.1 Å². The molecule has 2 aromatic carbocycles. The molecule has 6 rings (SSSR count). The molecule has 5 heteroatoms. The molecule has 0 fully saturated rings. The number of para-hydroxylation sites is 2. The molecule has 0 unspecified atom stereocenters. The third kappa shape index (κ3) is 1.88. The van der Waals surface area contributed by atoms with Gasteiger partial charge in [0.05, 0.1) is 22.1 Å². The molecule has 0 amide bonds. The molecule has 0 saturated heterocycles. The Balaban J connectivity index is 1.94. The van der Waals surface area contributed by atoms with Gasteiger partial charge in [0, 0.05) is 22.7 Å². The lowest BCUT2D eigenvalue weighted by Crippen LogP contribution is -2.15. The first kappa shape index (κ1) is 15.6. The summed E-state index contributed by atoms with van der Waals surface area (Å²) >= 11 is 0. The summed E-state index contributed by atoms with van der Waals surface area (Å²) in [6.45, 7) is 2.81. The maximum Gasteiger partial charge on any atom is 0.277 e. The number of aryl methyl sites for hydroxylation is 1. The van der Waals surface area contributed by atoms with Crippen molar-refractivity contribution in [2.24, 2.45) is 0 Å². The number of unbranched alkanes of at least 4 members (excludes halogenated alkanes) is 1. The van der Waals surface area contributed by atoms with Crippen LogP contribution in [0.15, 0.2) is 59.4 Å². The van der Waals surface area contributed by atoms with Crippen molar-refractivity contribution in [2.75, 3.05) is 0 Å². The zero-order chi connectivity index (χ0) is 18.8. The van der Waals surface area contributed by atoms with Gasteiger partial charge in [0.25, 0.3) is 5.56 Å². The van der Waals surface area contributed by atoms with Gasteiger partial charge in [-0.3, -0.25) is 13.8 Å². The van der Waals surface area contributed by atoms with Crippen LogP contribution in [0.5, 0.6) is 0 Å². The van der Waals surface area contributed by atoms with Crippen LogP contribution in [0.1, 0.15) is 19.8 Å². The molecule has 0 bridgehead atoms. The van der Waals surface area contributed by atoms with E-state index >= 15 is 0 Å². The number of rotatable bonds is 3. The molecule has 4 heterocycles. The van der Waals surface area contributed by atoms with E-state index in [1.165, 1.54) is 0 Å². The lowest BCUT2D eigenvalue weighted by Gasteiger charge is -2.08. The minimum atomic E-state index is 0.0217. The second-order valence-corrected chi connectivity index (χ2v) is 7.34. The summed E-state index contributed by atoms with van der Waals surface area (Å²) in [7, 11) is 0. The Hall–Kier alpha value is -3.47. The summed E-state index contributed by atoms with van der Waals surface area (Å²) in [6, 6.07) is 18.2. The lowest BCUT2D eigenvalue weighted by molar-refractivity contribution is 0.631. The molecule has 4 aromatic heterocycles. The Kier molecular flexibility index (Phi) is 3.07. The number of fused-ring (bicyclic) bond motifs is 6. The van der Waals surface area contributed by atoms with Crippen LogP contribution in [0.4, 0.5) is 0 Å². The summed E-state index contributed by atoms with van der Waals surface area (Å²) in [6.07, 6.45) is 1.98. The Bertz CT molecular complexity index is 1570. The van der Waals surface area contributed by atoms with Gasteiger partial charge in [-0.15, -0.1) is 0 Å². The molecule has 6 aromatic rings. The number of hydrogen-bond donors (Lipinski definition) is 0. The van der Waals surface area contributed by atoms with Crippen LogP contribution in [0, 0.1) is 0 Å². The molecule has 0 spiro atoms. The van der Waals surface area contributed by atoms with E-state index in [2.05, 4.69) is 19.1 Å². The minimum Gasteiger partial charge on any atom is -0.276 e. The summed E-state index contributed by atoms with van der Waals surface area (Å²) in [5.41, 5.74) is 4.43. The standard InChI is InChI=1S/C23H18N4O/c1-2-3-12-26-22(28)19-13-16-14-8-4-6-10-17(14)24-20(16)21-15-9-5-7-11-18(15)25-23(26)27(19)21/h4-11,13H,2-3,12H2,1H3. The van der Waals surface area contributed by atoms with Crippen LogP contribution in [0.25, 0.3) is 49.5 Å². The molecule has 28 heavy (non-hydrogen) atoms. The number of benzene rings is 2. The van der Waals surface area contributed by atoms with E-state index in [1.54, 1.807) is 0 Å². The van der Waals surface area contributed by atoms with Gasteiger partial charge in [-0.1, -0.05) is 49.7 Å². The van der Waals surface area contributed by atoms with Crippen molar-refractivity contribution in [3.8, 4) is 0 Å². The molecule has 0 radical (unpaired) electrons. The van der Waals surface area contributed by atoms with Gasteiger partial charge in [-0.25, -0.2) is 9.97 Å². The van der Waals surface area contributed by atoms with Gasteiger partial charge >= 0.3 is 0 Å². The van der Waals surface area contributed by atoms with E-state index in [9.17, 15) is 4.79 Å². The highest BCUT2D eigenvalue weighted by atomic mass is 16.1. The first-order valence-electron chi connectivity index (χ1n) is 9.72. The Morgan fingerprint density at radius 1 is 0.893 bits per heavy atom. The van der Waals surface area contributed by atoms with Crippen LogP contribution >= 0.6 is 0 Å². The smallest absolute Gasteiger partial charge is 0.276 e. The van der Waals surface area contributed by atoms with Crippen molar-refractivity contribution >= 4 is 49.5 Å². The summed E-state index contributed by atoms with van der Waals surface area (Å²) < 4.78 is 3.83. The molecule has 0 aliphatic carbocycles. The monoisotopic (exact) mass is 366 g/mol. The summed E-state index contributed by atoms with van der Waals surface area (Å²) in [5.74, 6) is 0.705. The molecule has 0 saturated carbocycles. The van der Waals surface area contributed by atoms with E-state index in [-0.39, 0.29) is 5.56 Å². The Morgan fingerprint density at radius 3 is 2.39 bits per heavy atom. The highest BCUT2D eigenvalue weighted by molar-refractivity contribution is 6.18. The second kappa shape index (κ2) is 5.52. The molecule has 0 aliphatic heterocycles. The van der Waals surface area contributed by atoms with Crippen LogP contribution < -0.4 is 5.56 Å². The van der Waals surface area contributed by atoms with E-state index in [0.29, 0.717) is 17.8 Å². The van der Waals surface area contributed by atoms with Crippen molar-refractivity contribution < 1.29 is 0 Å². The van der Waals surface area contributed by atoms with Crippen LogP contribution in [-0.2, 0) is 6.54 Å². The molecule has 0 N–H and O–H groups in total. The van der Waals surface area contributed by atoms with Crippen LogP contribution in [-0.4, -0.2) is 18.9 Å². The number of hydrogen-bond acceptors (Lipinski definition) is 3. The number of nitrogens with zero attached hydrogens (tertiary/aromatic N) is 4. The number of pyridine rings is 1. The van der Waals surface area contributed by atoms with Crippen molar-refractivity contribution in [3.63, 3.8) is 0 Å². The highest BCUT2D eigenvalue weighted by Gasteiger charge is 2.21. The average molecular weight is 366 g/mol. The van der Waals surface area contributed by atoms with Crippen molar-refractivity contribution in [1.29, 1.82) is 0 Å². The van der Waals surface area contributed by atoms with Crippen molar-refractivity contribution in [1.82, 2.24) is 18.9 Å². The Labute approximate surface area is 160 Å². The van der Waals surface area contributed by atoms with Gasteiger partial charge < -0.3 is 0 Å². The quantitative estimate of drug-likeness (QED) is 0.425. The van der Waals surface area contributed by atoms with Crippen LogP contribution in [0.2, 0.25) is 0 Å².